The molecule has 1 unspecified atom stereocenters. The second kappa shape index (κ2) is 7.56. The molecule has 3 nitrogen and oxygen atoms in total. The molecule has 6 heteroatoms. The third kappa shape index (κ3) is 4.73. The summed E-state index contributed by atoms with van der Waals surface area (Å²) in [6, 6.07) is 4.29. The van der Waals surface area contributed by atoms with Gasteiger partial charge in [-0.2, -0.15) is 0 Å². The van der Waals surface area contributed by atoms with Crippen molar-refractivity contribution in [3.8, 4) is 0 Å². The van der Waals surface area contributed by atoms with Crippen LogP contribution in [0.25, 0.3) is 0 Å². The van der Waals surface area contributed by atoms with Crippen molar-refractivity contribution >= 4 is 52.2 Å². The Balaban J connectivity index is 0.00000144. The number of carbonyl (C=O) groups excluding carboxylic acids is 1. The van der Waals surface area contributed by atoms with Crippen LogP contribution < -0.4 is 10.6 Å². The highest BCUT2D eigenvalue weighted by Gasteiger charge is 2.21. The molecule has 0 spiro atoms. The van der Waals surface area contributed by atoms with Gasteiger partial charge < -0.3 is 10.6 Å². The quantitative estimate of drug-likeness (QED) is 0.779. The van der Waals surface area contributed by atoms with Gasteiger partial charge in [-0.1, -0.05) is 0 Å². The van der Waals surface area contributed by atoms with E-state index in [0.717, 1.165) is 32.4 Å². The zero-order chi connectivity index (χ0) is 11.4. The van der Waals surface area contributed by atoms with Gasteiger partial charge in [0.2, 0.25) is 5.91 Å². The minimum atomic E-state index is 0. The summed E-state index contributed by atoms with van der Waals surface area (Å²) in [5, 5.41) is 6.18. The molecule has 0 aromatic carbocycles. The molecule has 0 radical (unpaired) electrons. The summed E-state index contributed by atoms with van der Waals surface area (Å²) >= 11 is 4.11. The molecule has 0 saturated carbocycles. The molecule has 0 aliphatic carbocycles. The number of carbonyl (C=O) groups is 1. The van der Waals surface area contributed by atoms with Crippen molar-refractivity contribution in [2.75, 3.05) is 13.1 Å². The molecule has 1 aliphatic heterocycles. The van der Waals surface area contributed by atoms with Gasteiger partial charge in [0.1, 0.15) is 0 Å². The first-order valence-electron chi connectivity index (χ1n) is 5.51. The number of rotatable bonds is 4. The van der Waals surface area contributed by atoms with E-state index in [-0.39, 0.29) is 24.4 Å². The van der Waals surface area contributed by atoms with Crippen molar-refractivity contribution < 1.29 is 4.79 Å². The Bertz CT molecular complexity index is 366. The molecule has 96 valence electrons. The Kier molecular flexibility index (Phi) is 6.76. The summed E-state index contributed by atoms with van der Waals surface area (Å²) in [5.74, 6) is 0.156. The van der Waals surface area contributed by atoms with Gasteiger partial charge in [-0.05, 0) is 60.5 Å². The zero-order valence-corrected chi connectivity index (χ0v) is 13.2. The van der Waals surface area contributed by atoms with E-state index in [0.29, 0.717) is 0 Å². The van der Waals surface area contributed by atoms with Crippen LogP contribution in [0, 0.1) is 2.88 Å². The highest BCUT2D eigenvalue weighted by atomic mass is 127. The molecule has 1 aliphatic rings. The predicted molar refractivity (Wildman–Crippen MR) is 82.0 cm³/mol. The third-order valence-corrected chi connectivity index (χ3v) is 4.63. The van der Waals surface area contributed by atoms with Gasteiger partial charge in [0, 0.05) is 11.4 Å². The molecule has 17 heavy (non-hydrogen) atoms. The molecular weight excluding hydrogens is 371 g/mol. The Morgan fingerprint density at radius 2 is 2.41 bits per heavy atom. The summed E-state index contributed by atoms with van der Waals surface area (Å²) in [6.07, 6.45) is 3.02. The van der Waals surface area contributed by atoms with Gasteiger partial charge in [0.25, 0.3) is 0 Å². The highest BCUT2D eigenvalue weighted by molar-refractivity contribution is 14.1. The van der Waals surface area contributed by atoms with Gasteiger partial charge in [-0.3, -0.25) is 4.79 Å². The van der Waals surface area contributed by atoms with Crippen LogP contribution in [-0.2, 0) is 11.2 Å². The molecule has 1 fully saturated rings. The minimum absolute atomic E-state index is 0. The van der Waals surface area contributed by atoms with Crippen LogP contribution in [0.5, 0.6) is 0 Å². The predicted octanol–water partition coefficient (Wildman–Crippen LogP) is 2.19. The second-order valence-electron chi connectivity index (χ2n) is 3.90. The van der Waals surface area contributed by atoms with Crippen LogP contribution in [0.2, 0.25) is 0 Å². The summed E-state index contributed by atoms with van der Waals surface area (Å²) in [6.45, 7) is 1.72. The SMILES string of the molecule is Cl.O=C(NCCc1ccc(I)s1)C1CCCN1. The average Bonchev–Trinajstić information content (AvgIpc) is 2.89. The molecule has 1 amide bonds. The first kappa shape index (κ1) is 15.2. The van der Waals surface area contributed by atoms with Crippen molar-refractivity contribution in [1.29, 1.82) is 0 Å². The Labute approximate surface area is 125 Å². The number of thiophene rings is 1. The number of hydrogen-bond donors (Lipinski definition) is 2. The fraction of sp³-hybridized carbons (Fsp3) is 0.545. The lowest BCUT2D eigenvalue weighted by Crippen LogP contribution is -2.41. The van der Waals surface area contributed by atoms with Crippen molar-refractivity contribution in [2.45, 2.75) is 25.3 Å². The Hall–Kier alpha value is 0.150. The first-order chi connectivity index (χ1) is 7.75. The second-order valence-corrected chi connectivity index (χ2v) is 6.96. The number of halogens is 2. The summed E-state index contributed by atoms with van der Waals surface area (Å²) in [7, 11) is 0. The topological polar surface area (TPSA) is 41.1 Å². The van der Waals surface area contributed by atoms with E-state index in [2.05, 4.69) is 45.4 Å². The van der Waals surface area contributed by atoms with E-state index in [1.165, 1.54) is 7.76 Å². The van der Waals surface area contributed by atoms with E-state index in [1.54, 1.807) is 11.3 Å². The standard InChI is InChI=1S/C11H15IN2OS.ClH/c12-10-4-3-8(16-10)5-7-14-11(15)9-2-1-6-13-9;/h3-4,9,13H,1-2,5-7H2,(H,14,15);1H. The Morgan fingerprint density at radius 1 is 1.59 bits per heavy atom. The molecule has 2 rings (SSSR count). The van der Waals surface area contributed by atoms with Gasteiger partial charge >= 0.3 is 0 Å². The maximum absolute atomic E-state index is 11.7. The maximum atomic E-state index is 11.7. The smallest absolute Gasteiger partial charge is 0.237 e. The first-order valence-corrected chi connectivity index (χ1v) is 7.40. The molecule has 1 aromatic heterocycles. The number of amides is 1. The summed E-state index contributed by atoms with van der Waals surface area (Å²) < 4.78 is 1.30. The van der Waals surface area contributed by atoms with Crippen LogP contribution in [0.4, 0.5) is 0 Å². The normalized spacial score (nSPS) is 18.8. The third-order valence-electron chi connectivity index (χ3n) is 2.68. The van der Waals surface area contributed by atoms with Crippen LogP contribution in [0.1, 0.15) is 17.7 Å². The largest absolute Gasteiger partial charge is 0.354 e. The van der Waals surface area contributed by atoms with E-state index >= 15 is 0 Å². The van der Waals surface area contributed by atoms with E-state index in [9.17, 15) is 4.79 Å². The summed E-state index contributed by atoms with van der Waals surface area (Å²) in [4.78, 5) is 13.0. The van der Waals surface area contributed by atoms with Gasteiger partial charge in [0.05, 0.1) is 8.93 Å². The van der Waals surface area contributed by atoms with Crippen molar-refractivity contribution in [3.63, 3.8) is 0 Å². The van der Waals surface area contributed by atoms with Crippen LogP contribution in [0.3, 0.4) is 0 Å². The minimum Gasteiger partial charge on any atom is -0.354 e. The molecule has 0 bridgehead atoms. The zero-order valence-electron chi connectivity index (χ0n) is 9.37. The molecule has 1 aromatic rings. The number of nitrogens with one attached hydrogen (secondary N) is 2. The van der Waals surface area contributed by atoms with Crippen LogP contribution in [-0.4, -0.2) is 25.0 Å². The van der Waals surface area contributed by atoms with Gasteiger partial charge in [0.15, 0.2) is 0 Å². The van der Waals surface area contributed by atoms with E-state index in [1.807, 2.05) is 0 Å². The highest BCUT2D eigenvalue weighted by Crippen LogP contribution is 2.18. The van der Waals surface area contributed by atoms with Crippen LogP contribution in [0.15, 0.2) is 12.1 Å². The Morgan fingerprint density at radius 3 is 3.00 bits per heavy atom. The van der Waals surface area contributed by atoms with Crippen molar-refractivity contribution in [3.05, 3.63) is 19.9 Å². The van der Waals surface area contributed by atoms with Crippen LogP contribution >= 0.6 is 46.3 Å². The molecule has 1 saturated heterocycles. The van der Waals surface area contributed by atoms with E-state index in [4.69, 9.17) is 0 Å². The molecular formula is C11H16ClIN2OS. The molecule has 1 atom stereocenters. The summed E-state index contributed by atoms with van der Waals surface area (Å²) in [5.41, 5.74) is 0. The lowest BCUT2D eigenvalue weighted by Gasteiger charge is -2.10. The monoisotopic (exact) mass is 386 g/mol. The lowest BCUT2D eigenvalue weighted by molar-refractivity contribution is -0.122. The molecule has 2 heterocycles. The van der Waals surface area contributed by atoms with Crippen molar-refractivity contribution in [1.82, 2.24) is 10.6 Å². The number of hydrogen-bond acceptors (Lipinski definition) is 3. The maximum Gasteiger partial charge on any atom is 0.237 e. The lowest BCUT2D eigenvalue weighted by atomic mass is 10.2. The van der Waals surface area contributed by atoms with Crippen molar-refractivity contribution in [2.24, 2.45) is 0 Å². The average molecular weight is 387 g/mol. The van der Waals surface area contributed by atoms with Gasteiger partial charge in [-0.15, -0.1) is 23.7 Å². The fourth-order valence-corrected chi connectivity index (χ4v) is 3.58. The molecule has 2 N–H and O–H groups in total. The van der Waals surface area contributed by atoms with E-state index < -0.39 is 0 Å². The fourth-order valence-electron chi connectivity index (χ4n) is 1.83. The van der Waals surface area contributed by atoms with Gasteiger partial charge in [-0.25, -0.2) is 0 Å².